The molecule has 0 radical (unpaired) electrons. The van der Waals surface area contributed by atoms with E-state index in [0.29, 0.717) is 38.2 Å². The van der Waals surface area contributed by atoms with Crippen molar-refractivity contribution < 1.29 is 22.8 Å². The van der Waals surface area contributed by atoms with Crippen LogP contribution in [0.5, 0.6) is 0 Å². The third-order valence-electron chi connectivity index (χ3n) is 8.95. The standard InChI is InChI=1S/C41H38F3N5O2/c42-41(43,44)36-18-13-31(14-19-36)15-20-39(50)49(30-33-11-16-35(17-12-33)37-10-4-5-22-46-37)38(27-32-7-2-1-3-8-32)40(51)48-25-23-47(24-26-48)29-34-9-6-21-45-28-34/h1-22,28,38H,23-27,29-30H2. The number of hydrogen-bond donors (Lipinski definition) is 0. The van der Waals surface area contributed by atoms with E-state index < -0.39 is 23.7 Å². The van der Waals surface area contributed by atoms with Crippen molar-refractivity contribution in [3.8, 4) is 11.3 Å². The Labute approximate surface area is 295 Å². The largest absolute Gasteiger partial charge is 0.416 e. The Morgan fingerprint density at radius 2 is 1.47 bits per heavy atom. The molecular formula is C41H38F3N5O2. The van der Waals surface area contributed by atoms with Gasteiger partial charge in [0.1, 0.15) is 6.04 Å². The molecule has 10 heteroatoms. The van der Waals surface area contributed by atoms with Crippen molar-refractivity contribution in [2.45, 2.75) is 31.7 Å². The Morgan fingerprint density at radius 3 is 2.12 bits per heavy atom. The van der Waals surface area contributed by atoms with Gasteiger partial charge < -0.3 is 9.80 Å². The number of pyridine rings is 2. The van der Waals surface area contributed by atoms with E-state index >= 15 is 0 Å². The van der Waals surface area contributed by atoms with Crippen LogP contribution in [0.4, 0.5) is 13.2 Å². The number of piperazine rings is 1. The molecule has 2 aromatic heterocycles. The zero-order chi connectivity index (χ0) is 35.6. The van der Waals surface area contributed by atoms with Crippen LogP contribution in [-0.2, 0) is 35.3 Å². The summed E-state index contributed by atoms with van der Waals surface area (Å²) in [6, 6.07) is 30.7. The average Bonchev–Trinajstić information content (AvgIpc) is 3.16. The molecular weight excluding hydrogens is 651 g/mol. The van der Waals surface area contributed by atoms with Gasteiger partial charge in [0.15, 0.2) is 0 Å². The van der Waals surface area contributed by atoms with Gasteiger partial charge in [-0.2, -0.15) is 13.2 Å². The van der Waals surface area contributed by atoms with Gasteiger partial charge in [-0.25, -0.2) is 0 Å². The maximum atomic E-state index is 14.5. The van der Waals surface area contributed by atoms with Crippen molar-refractivity contribution in [2.24, 2.45) is 0 Å². The summed E-state index contributed by atoms with van der Waals surface area (Å²) < 4.78 is 39.5. The molecule has 3 aromatic carbocycles. The number of alkyl halides is 3. The summed E-state index contributed by atoms with van der Waals surface area (Å²) in [5.74, 6) is -0.575. The Balaban J connectivity index is 1.28. The number of halogens is 3. The molecule has 0 bridgehead atoms. The molecule has 1 saturated heterocycles. The van der Waals surface area contributed by atoms with Gasteiger partial charge in [-0.05, 0) is 58.7 Å². The molecule has 0 saturated carbocycles. The highest BCUT2D eigenvalue weighted by Crippen LogP contribution is 2.29. The predicted molar refractivity (Wildman–Crippen MR) is 191 cm³/mol. The van der Waals surface area contributed by atoms with Crippen LogP contribution in [0.25, 0.3) is 17.3 Å². The van der Waals surface area contributed by atoms with E-state index in [-0.39, 0.29) is 12.5 Å². The van der Waals surface area contributed by atoms with Crippen LogP contribution >= 0.6 is 0 Å². The molecule has 3 heterocycles. The lowest BCUT2D eigenvalue weighted by molar-refractivity contribution is -0.145. The predicted octanol–water partition coefficient (Wildman–Crippen LogP) is 7.16. The van der Waals surface area contributed by atoms with E-state index in [1.807, 2.05) is 96.0 Å². The molecule has 1 aliphatic rings. The number of hydrogen-bond acceptors (Lipinski definition) is 5. The zero-order valence-corrected chi connectivity index (χ0v) is 28.0. The minimum Gasteiger partial charge on any atom is -0.338 e. The monoisotopic (exact) mass is 689 g/mol. The average molecular weight is 690 g/mol. The smallest absolute Gasteiger partial charge is 0.338 e. The molecule has 6 rings (SSSR count). The first kappa shape index (κ1) is 35.2. The summed E-state index contributed by atoms with van der Waals surface area (Å²) in [4.78, 5) is 43.0. The fourth-order valence-electron chi connectivity index (χ4n) is 6.15. The first-order valence-electron chi connectivity index (χ1n) is 16.8. The molecule has 7 nitrogen and oxygen atoms in total. The summed E-state index contributed by atoms with van der Waals surface area (Å²) in [6.07, 6.45) is 3.97. The number of nitrogens with zero attached hydrogens (tertiary/aromatic N) is 5. The minimum atomic E-state index is -4.46. The van der Waals surface area contributed by atoms with Crippen molar-refractivity contribution in [3.05, 3.63) is 162 Å². The van der Waals surface area contributed by atoms with Crippen LogP contribution in [0.3, 0.4) is 0 Å². The number of benzene rings is 3. The van der Waals surface area contributed by atoms with E-state index in [2.05, 4.69) is 14.9 Å². The highest BCUT2D eigenvalue weighted by atomic mass is 19.4. The maximum absolute atomic E-state index is 14.5. The number of rotatable bonds is 11. The maximum Gasteiger partial charge on any atom is 0.416 e. The summed E-state index contributed by atoms with van der Waals surface area (Å²) in [6.45, 7) is 3.24. The Morgan fingerprint density at radius 1 is 0.765 bits per heavy atom. The summed E-state index contributed by atoms with van der Waals surface area (Å²) in [5, 5.41) is 0. The van der Waals surface area contributed by atoms with E-state index in [1.165, 1.54) is 24.3 Å². The molecule has 1 aliphatic heterocycles. The SMILES string of the molecule is O=C(C(Cc1ccccc1)N(Cc1ccc(-c2ccccn2)cc1)C(=O)C=Cc1ccc(C(F)(F)F)cc1)N1CCN(Cc2cccnc2)CC1. The van der Waals surface area contributed by atoms with Gasteiger partial charge in [0, 0.05) is 75.9 Å². The quantitative estimate of drug-likeness (QED) is 0.138. The van der Waals surface area contributed by atoms with Crippen molar-refractivity contribution in [3.63, 3.8) is 0 Å². The van der Waals surface area contributed by atoms with Crippen molar-refractivity contribution in [1.29, 1.82) is 0 Å². The van der Waals surface area contributed by atoms with Crippen LogP contribution in [0.1, 0.15) is 27.8 Å². The normalized spacial score (nSPS) is 14.4. The number of aromatic nitrogens is 2. The van der Waals surface area contributed by atoms with E-state index in [4.69, 9.17) is 0 Å². The van der Waals surface area contributed by atoms with Crippen LogP contribution in [0.15, 0.2) is 134 Å². The van der Waals surface area contributed by atoms with Gasteiger partial charge in [0.25, 0.3) is 0 Å². The fourth-order valence-corrected chi connectivity index (χ4v) is 6.15. The number of carbonyl (C=O) groups excluding carboxylic acids is 2. The highest BCUT2D eigenvalue weighted by Gasteiger charge is 2.34. The third-order valence-corrected chi connectivity index (χ3v) is 8.95. The summed E-state index contributed by atoms with van der Waals surface area (Å²) in [7, 11) is 0. The van der Waals surface area contributed by atoms with Crippen molar-refractivity contribution >= 4 is 17.9 Å². The van der Waals surface area contributed by atoms with Gasteiger partial charge in [0.2, 0.25) is 11.8 Å². The molecule has 51 heavy (non-hydrogen) atoms. The molecule has 2 amide bonds. The second-order valence-electron chi connectivity index (χ2n) is 12.5. The lowest BCUT2D eigenvalue weighted by atomic mass is 10.0. The number of carbonyl (C=O) groups is 2. The first-order valence-corrected chi connectivity index (χ1v) is 16.8. The Hall–Kier alpha value is -5.61. The van der Waals surface area contributed by atoms with Crippen molar-refractivity contribution in [1.82, 2.24) is 24.7 Å². The van der Waals surface area contributed by atoms with Crippen LogP contribution in [0, 0.1) is 0 Å². The van der Waals surface area contributed by atoms with Crippen LogP contribution in [0.2, 0.25) is 0 Å². The lowest BCUT2D eigenvalue weighted by Gasteiger charge is -2.39. The highest BCUT2D eigenvalue weighted by molar-refractivity contribution is 5.95. The second-order valence-corrected chi connectivity index (χ2v) is 12.5. The van der Waals surface area contributed by atoms with Crippen LogP contribution < -0.4 is 0 Å². The fraction of sp³-hybridized carbons (Fsp3) is 0.220. The molecule has 1 atom stereocenters. The third kappa shape index (κ3) is 9.55. The molecule has 1 fully saturated rings. The Bertz CT molecular complexity index is 1900. The van der Waals surface area contributed by atoms with E-state index in [9.17, 15) is 22.8 Å². The van der Waals surface area contributed by atoms with E-state index in [0.717, 1.165) is 46.6 Å². The molecule has 0 spiro atoms. The van der Waals surface area contributed by atoms with Gasteiger partial charge in [-0.3, -0.25) is 24.5 Å². The first-order chi connectivity index (χ1) is 24.7. The molecule has 1 unspecified atom stereocenters. The topological polar surface area (TPSA) is 69.6 Å². The Kier molecular flexibility index (Phi) is 11.3. The number of amides is 2. The molecule has 5 aromatic rings. The molecule has 260 valence electrons. The van der Waals surface area contributed by atoms with Gasteiger partial charge in [0.05, 0.1) is 11.3 Å². The van der Waals surface area contributed by atoms with Crippen molar-refractivity contribution in [2.75, 3.05) is 26.2 Å². The minimum absolute atomic E-state index is 0.142. The summed E-state index contributed by atoms with van der Waals surface area (Å²) >= 11 is 0. The molecule has 0 N–H and O–H groups in total. The zero-order valence-electron chi connectivity index (χ0n) is 28.0. The lowest BCUT2D eigenvalue weighted by Crippen LogP contribution is -2.56. The summed E-state index contributed by atoms with van der Waals surface area (Å²) in [5.41, 5.74) is 4.23. The second kappa shape index (κ2) is 16.4. The van der Waals surface area contributed by atoms with Gasteiger partial charge >= 0.3 is 6.18 Å². The van der Waals surface area contributed by atoms with E-state index in [1.54, 1.807) is 17.3 Å². The molecule has 0 aliphatic carbocycles. The van der Waals surface area contributed by atoms with Gasteiger partial charge in [-0.1, -0.05) is 78.9 Å². The van der Waals surface area contributed by atoms with Gasteiger partial charge in [-0.15, -0.1) is 0 Å². The van der Waals surface area contributed by atoms with Crippen LogP contribution in [-0.4, -0.2) is 68.7 Å².